The molecule has 0 unspecified atom stereocenters. The molecule has 3 rings (SSSR count). The summed E-state index contributed by atoms with van der Waals surface area (Å²) in [5.41, 5.74) is 2.71. The molecule has 0 saturated carbocycles. The number of hydrogen-bond donors (Lipinski definition) is 1. The minimum absolute atomic E-state index is 0.142. The Bertz CT molecular complexity index is 990. The molecule has 0 saturated heterocycles. The lowest BCUT2D eigenvalue weighted by atomic mass is 10.1. The average Bonchev–Trinajstić information content (AvgIpc) is 2.60. The maximum atomic E-state index is 13.6. The van der Waals surface area contributed by atoms with Crippen molar-refractivity contribution in [1.82, 2.24) is 15.2 Å². The highest BCUT2D eigenvalue weighted by Gasteiger charge is 2.18. The summed E-state index contributed by atoms with van der Waals surface area (Å²) in [5.74, 6) is -0.501. The van der Waals surface area contributed by atoms with Crippen LogP contribution < -0.4 is 5.32 Å². The highest BCUT2D eigenvalue weighted by Crippen LogP contribution is 2.21. The van der Waals surface area contributed by atoms with Crippen LogP contribution in [0.15, 0.2) is 48.5 Å². The molecule has 1 heterocycles. The summed E-state index contributed by atoms with van der Waals surface area (Å²) >= 11 is 6.01. The molecule has 6 heteroatoms. The van der Waals surface area contributed by atoms with E-state index in [1.807, 2.05) is 37.2 Å². The molecule has 1 N–H and O–H groups in total. The fourth-order valence-electron chi connectivity index (χ4n) is 3.06. The number of carbonyl (C=O) groups excluding carboxylic acids is 1. The summed E-state index contributed by atoms with van der Waals surface area (Å²) in [6, 6.07) is 13.5. The van der Waals surface area contributed by atoms with Gasteiger partial charge in [0.2, 0.25) is 0 Å². The Kier molecular flexibility index (Phi) is 5.73. The van der Waals surface area contributed by atoms with Gasteiger partial charge < -0.3 is 10.2 Å². The number of pyridine rings is 1. The standard InChI is InChI=1S/C21H21ClFN3O/c1-13-18(10-14-7-8-16(22)11-19(14)25-13)21(27)24-12-20(26(2)3)15-5-4-6-17(23)9-15/h4-11,20H,12H2,1-3H3,(H,24,27)/t20-/m1/s1. The van der Waals surface area contributed by atoms with Crippen molar-refractivity contribution < 1.29 is 9.18 Å². The Morgan fingerprint density at radius 1 is 1.22 bits per heavy atom. The Balaban J connectivity index is 1.81. The third kappa shape index (κ3) is 4.43. The number of aryl methyl sites for hydroxylation is 1. The molecule has 1 amide bonds. The second kappa shape index (κ2) is 8.03. The summed E-state index contributed by atoms with van der Waals surface area (Å²) in [5, 5.41) is 4.40. The molecule has 1 aromatic heterocycles. The SMILES string of the molecule is Cc1nc2cc(Cl)ccc2cc1C(=O)NC[C@H](c1cccc(F)c1)N(C)C. The van der Waals surface area contributed by atoms with Crippen molar-refractivity contribution in [3.05, 3.63) is 76.2 Å². The number of nitrogens with one attached hydrogen (secondary N) is 1. The van der Waals surface area contributed by atoms with Crippen molar-refractivity contribution in [2.45, 2.75) is 13.0 Å². The van der Waals surface area contributed by atoms with Crippen molar-refractivity contribution in [1.29, 1.82) is 0 Å². The zero-order valence-electron chi connectivity index (χ0n) is 15.5. The van der Waals surface area contributed by atoms with Crippen LogP contribution in [0.1, 0.15) is 27.7 Å². The van der Waals surface area contributed by atoms with Crippen LogP contribution in [0.2, 0.25) is 5.02 Å². The summed E-state index contributed by atoms with van der Waals surface area (Å²) in [7, 11) is 3.79. The number of benzene rings is 2. The van der Waals surface area contributed by atoms with Gasteiger partial charge in [-0.05, 0) is 56.9 Å². The Morgan fingerprint density at radius 3 is 2.70 bits per heavy atom. The molecule has 0 spiro atoms. The molecule has 140 valence electrons. The molecule has 0 aliphatic heterocycles. The lowest BCUT2D eigenvalue weighted by molar-refractivity contribution is 0.0941. The van der Waals surface area contributed by atoms with Crippen LogP contribution in [0, 0.1) is 12.7 Å². The van der Waals surface area contributed by atoms with E-state index in [0.29, 0.717) is 22.8 Å². The molecule has 0 fully saturated rings. The van der Waals surface area contributed by atoms with E-state index in [-0.39, 0.29) is 17.8 Å². The largest absolute Gasteiger partial charge is 0.350 e. The van der Waals surface area contributed by atoms with Gasteiger partial charge >= 0.3 is 0 Å². The quantitative estimate of drug-likeness (QED) is 0.709. The molecular formula is C21H21ClFN3O. The second-order valence-electron chi connectivity index (χ2n) is 6.70. The summed E-state index contributed by atoms with van der Waals surface area (Å²) < 4.78 is 13.6. The number of nitrogens with zero attached hydrogens (tertiary/aromatic N) is 2. The van der Waals surface area contributed by atoms with Gasteiger partial charge in [-0.3, -0.25) is 9.78 Å². The molecule has 27 heavy (non-hydrogen) atoms. The topological polar surface area (TPSA) is 45.2 Å². The first kappa shape index (κ1) is 19.3. The number of fused-ring (bicyclic) bond motifs is 1. The van der Waals surface area contributed by atoms with Crippen molar-refractivity contribution in [3.63, 3.8) is 0 Å². The minimum Gasteiger partial charge on any atom is -0.350 e. The van der Waals surface area contributed by atoms with Crippen LogP contribution in [0.5, 0.6) is 0 Å². The highest BCUT2D eigenvalue weighted by molar-refractivity contribution is 6.31. The number of rotatable bonds is 5. The molecule has 2 aromatic carbocycles. The van der Waals surface area contributed by atoms with Crippen molar-refractivity contribution in [2.75, 3.05) is 20.6 Å². The third-order valence-corrected chi connectivity index (χ3v) is 4.76. The number of likely N-dealkylation sites (N-methyl/N-ethyl adjacent to an activating group) is 1. The van der Waals surface area contributed by atoms with Gasteiger partial charge in [-0.1, -0.05) is 29.8 Å². The number of carbonyl (C=O) groups is 1. The summed E-state index contributed by atoms with van der Waals surface area (Å²) in [6.45, 7) is 2.15. The van der Waals surface area contributed by atoms with E-state index in [1.54, 1.807) is 25.1 Å². The number of halogens is 2. The van der Waals surface area contributed by atoms with E-state index in [0.717, 1.165) is 16.5 Å². The maximum absolute atomic E-state index is 13.6. The molecule has 0 aliphatic rings. The first-order valence-electron chi connectivity index (χ1n) is 8.62. The Labute approximate surface area is 163 Å². The smallest absolute Gasteiger partial charge is 0.253 e. The minimum atomic E-state index is -0.293. The van der Waals surface area contributed by atoms with Gasteiger partial charge in [-0.15, -0.1) is 0 Å². The van der Waals surface area contributed by atoms with Crippen LogP contribution in [-0.2, 0) is 0 Å². The van der Waals surface area contributed by atoms with Gasteiger partial charge in [0.25, 0.3) is 5.91 Å². The first-order chi connectivity index (χ1) is 12.8. The second-order valence-corrected chi connectivity index (χ2v) is 7.14. The highest BCUT2D eigenvalue weighted by atomic mass is 35.5. The van der Waals surface area contributed by atoms with E-state index >= 15 is 0 Å². The molecule has 3 aromatic rings. The van der Waals surface area contributed by atoms with Crippen molar-refractivity contribution >= 4 is 28.4 Å². The normalized spacial score (nSPS) is 12.4. The van der Waals surface area contributed by atoms with Gasteiger partial charge in [0.1, 0.15) is 5.82 Å². The van der Waals surface area contributed by atoms with Gasteiger partial charge in [-0.2, -0.15) is 0 Å². The van der Waals surface area contributed by atoms with Crippen LogP contribution in [0.3, 0.4) is 0 Å². The number of amides is 1. The van der Waals surface area contributed by atoms with Crippen LogP contribution in [0.25, 0.3) is 10.9 Å². The van der Waals surface area contributed by atoms with Gasteiger partial charge in [0.15, 0.2) is 0 Å². The zero-order chi connectivity index (χ0) is 19.6. The summed E-state index contributed by atoms with van der Waals surface area (Å²) in [4.78, 5) is 19.2. The lowest BCUT2D eigenvalue weighted by Gasteiger charge is -2.25. The fraction of sp³-hybridized carbons (Fsp3) is 0.238. The third-order valence-electron chi connectivity index (χ3n) is 4.53. The van der Waals surface area contributed by atoms with E-state index < -0.39 is 0 Å². The lowest BCUT2D eigenvalue weighted by Crippen LogP contribution is -2.35. The monoisotopic (exact) mass is 385 g/mol. The fourth-order valence-corrected chi connectivity index (χ4v) is 3.23. The Hall–Kier alpha value is -2.50. The maximum Gasteiger partial charge on any atom is 0.253 e. The van der Waals surface area contributed by atoms with E-state index in [4.69, 9.17) is 11.6 Å². The molecule has 0 radical (unpaired) electrons. The predicted octanol–water partition coefficient (Wildman–Crippen LogP) is 4.37. The van der Waals surface area contributed by atoms with Gasteiger partial charge in [0, 0.05) is 17.0 Å². The van der Waals surface area contributed by atoms with E-state index in [2.05, 4.69) is 10.3 Å². The predicted molar refractivity (Wildman–Crippen MR) is 107 cm³/mol. The van der Waals surface area contributed by atoms with Crippen LogP contribution in [-0.4, -0.2) is 36.4 Å². The average molecular weight is 386 g/mol. The Morgan fingerprint density at radius 2 is 2.00 bits per heavy atom. The first-order valence-corrected chi connectivity index (χ1v) is 9.00. The van der Waals surface area contributed by atoms with E-state index in [9.17, 15) is 9.18 Å². The number of hydrogen-bond acceptors (Lipinski definition) is 3. The zero-order valence-corrected chi connectivity index (χ0v) is 16.2. The van der Waals surface area contributed by atoms with Crippen LogP contribution >= 0.6 is 11.6 Å². The molecule has 0 aliphatic carbocycles. The van der Waals surface area contributed by atoms with E-state index in [1.165, 1.54) is 12.1 Å². The molecular weight excluding hydrogens is 365 g/mol. The molecule has 4 nitrogen and oxygen atoms in total. The van der Waals surface area contributed by atoms with Crippen molar-refractivity contribution in [2.24, 2.45) is 0 Å². The van der Waals surface area contributed by atoms with Crippen molar-refractivity contribution in [3.8, 4) is 0 Å². The van der Waals surface area contributed by atoms with Gasteiger partial charge in [-0.25, -0.2) is 4.39 Å². The summed E-state index contributed by atoms with van der Waals surface area (Å²) in [6.07, 6.45) is 0. The molecule has 1 atom stereocenters. The molecule has 0 bridgehead atoms. The van der Waals surface area contributed by atoms with Crippen LogP contribution in [0.4, 0.5) is 4.39 Å². The van der Waals surface area contributed by atoms with Gasteiger partial charge in [0.05, 0.1) is 22.8 Å². The number of aromatic nitrogens is 1.